The standard InChI is InChI=1S/C23H34N6O3.HI/c1-24-23(26-19-6-7-22-27-21(16-30-2)28-29(22)14-19)25-13-17-4-3-5-18(12-17)15-32-20-8-10-31-11-9-20;/h3-5,12,19-20H,6-11,13-16H2,1-2H3,(H2,24,25,26);1H. The summed E-state index contributed by atoms with van der Waals surface area (Å²) in [4.78, 5) is 8.94. The molecule has 0 spiro atoms. The van der Waals surface area contributed by atoms with Gasteiger partial charge < -0.3 is 24.8 Å². The number of methoxy groups -OCH3 is 1. The second-order valence-corrected chi connectivity index (χ2v) is 8.31. The molecule has 33 heavy (non-hydrogen) atoms. The summed E-state index contributed by atoms with van der Waals surface area (Å²) in [5, 5.41) is 11.5. The number of nitrogens with one attached hydrogen (secondary N) is 2. The van der Waals surface area contributed by atoms with Crippen LogP contribution in [0, 0.1) is 0 Å². The van der Waals surface area contributed by atoms with E-state index in [1.165, 1.54) is 11.1 Å². The lowest BCUT2D eigenvalue weighted by Crippen LogP contribution is -2.46. The second-order valence-electron chi connectivity index (χ2n) is 8.31. The number of aryl methyl sites for hydroxylation is 1. The van der Waals surface area contributed by atoms with E-state index in [1.54, 1.807) is 14.2 Å². The number of fused-ring (bicyclic) bond motifs is 1. The van der Waals surface area contributed by atoms with Crippen molar-refractivity contribution in [3.8, 4) is 0 Å². The highest BCUT2D eigenvalue weighted by Gasteiger charge is 2.22. The second kappa shape index (κ2) is 13.2. The Morgan fingerprint density at radius 1 is 1.21 bits per heavy atom. The van der Waals surface area contributed by atoms with Gasteiger partial charge in [-0.25, -0.2) is 9.67 Å². The molecule has 1 unspecified atom stereocenters. The van der Waals surface area contributed by atoms with Crippen molar-refractivity contribution < 1.29 is 14.2 Å². The minimum atomic E-state index is 0. The Bertz CT molecular complexity index is 900. The van der Waals surface area contributed by atoms with Gasteiger partial charge in [0.05, 0.1) is 19.3 Å². The minimum absolute atomic E-state index is 0. The zero-order valence-corrected chi connectivity index (χ0v) is 21.8. The Hall–Kier alpha value is -1.76. The first-order valence-corrected chi connectivity index (χ1v) is 11.4. The molecule has 9 nitrogen and oxygen atoms in total. The molecule has 0 saturated carbocycles. The van der Waals surface area contributed by atoms with Crippen LogP contribution in [0.4, 0.5) is 0 Å². The van der Waals surface area contributed by atoms with E-state index in [0.29, 0.717) is 25.9 Å². The van der Waals surface area contributed by atoms with Gasteiger partial charge in [-0.05, 0) is 30.4 Å². The fraction of sp³-hybridized carbons (Fsp3) is 0.609. The Kier molecular flexibility index (Phi) is 10.4. The first-order valence-electron chi connectivity index (χ1n) is 11.4. The molecule has 1 saturated heterocycles. The molecule has 1 aromatic heterocycles. The molecule has 0 aliphatic carbocycles. The number of ether oxygens (including phenoxy) is 3. The van der Waals surface area contributed by atoms with Crippen molar-refractivity contribution in [1.82, 2.24) is 25.4 Å². The predicted octanol–water partition coefficient (Wildman–Crippen LogP) is 2.42. The summed E-state index contributed by atoms with van der Waals surface area (Å²) in [6.07, 6.45) is 4.15. The third-order valence-corrected chi connectivity index (χ3v) is 5.85. The summed E-state index contributed by atoms with van der Waals surface area (Å²) in [5.74, 6) is 2.56. The van der Waals surface area contributed by atoms with Crippen LogP contribution in [-0.4, -0.2) is 60.2 Å². The molecule has 1 atom stereocenters. The van der Waals surface area contributed by atoms with Crippen molar-refractivity contribution in [3.05, 3.63) is 47.0 Å². The van der Waals surface area contributed by atoms with Gasteiger partial charge in [-0.15, -0.1) is 24.0 Å². The van der Waals surface area contributed by atoms with Gasteiger partial charge in [0.15, 0.2) is 11.8 Å². The summed E-state index contributed by atoms with van der Waals surface area (Å²) in [6.45, 7) is 4.15. The van der Waals surface area contributed by atoms with E-state index in [4.69, 9.17) is 14.2 Å². The molecule has 2 aromatic rings. The molecule has 1 aromatic carbocycles. The molecule has 2 aliphatic heterocycles. The van der Waals surface area contributed by atoms with Crippen LogP contribution in [0.1, 0.15) is 42.0 Å². The summed E-state index contributed by atoms with van der Waals surface area (Å²) in [6, 6.07) is 8.77. The van der Waals surface area contributed by atoms with E-state index in [2.05, 4.69) is 50.0 Å². The normalized spacial score (nSPS) is 19.0. The lowest BCUT2D eigenvalue weighted by molar-refractivity contribution is -0.0390. The lowest BCUT2D eigenvalue weighted by atomic mass is 10.1. The van der Waals surface area contributed by atoms with E-state index >= 15 is 0 Å². The van der Waals surface area contributed by atoms with E-state index in [-0.39, 0.29) is 30.0 Å². The zero-order valence-electron chi connectivity index (χ0n) is 19.5. The number of nitrogens with zero attached hydrogens (tertiary/aromatic N) is 4. The Morgan fingerprint density at radius 2 is 2.03 bits per heavy atom. The van der Waals surface area contributed by atoms with Gasteiger partial charge in [-0.3, -0.25) is 4.99 Å². The minimum Gasteiger partial charge on any atom is -0.381 e. The van der Waals surface area contributed by atoms with Crippen LogP contribution < -0.4 is 10.6 Å². The van der Waals surface area contributed by atoms with Crippen LogP contribution in [0.25, 0.3) is 0 Å². The van der Waals surface area contributed by atoms with Gasteiger partial charge in [-0.2, -0.15) is 5.10 Å². The van der Waals surface area contributed by atoms with Gasteiger partial charge in [0.2, 0.25) is 0 Å². The summed E-state index contributed by atoms with van der Waals surface area (Å²) in [5.41, 5.74) is 2.39. The van der Waals surface area contributed by atoms with Crippen molar-refractivity contribution in [2.24, 2.45) is 4.99 Å². The number of hydrogen-bond donors (Lipinski definition) is 2. The quantitative estimate of drug-likeness (QED) is 0.286. The lowest BCUT2D eigenvalue weighted by Gasteiger charge is -2.25. The fourth-order valence-electron chi connectivity index (χ4n) is 4.13. The monoisotopic (exact) mass is 570 g/mol. The molecule has 10 heteroatoms. The number of guanidine groups is 1. The van der Waals surface area contributed by atoms with Gasteiger partial charge in [0.25, 0.3) is 0 Å². The number of rotatable bonds is 8. The number of aliphatic imine (C=N–C) groups is 1. The molecule has 3 heterocycles. The highest BCUT2D eigenvalue weighted by Crippen LogP contribution is 2.15. The van der Waals surface area contributed by atoms with Crippen molar-refractivity contribution in [1.29, 1.82) is 0 Å². The van der Waals surface area contributed by atoms with Gasteiger partial charge >= 0.3 is 0 Å². The maximum atomic E-state index is 6.06. The van der Waals surface area contributed by atoms with Crippen LogP contribution in [0.15, 0.2) is 29.3 Å². The smallest absolute Gasteiger partial charge is 0.191 e. The molecule has 0 radical (unpaired) electrons. The summed E-state index contributed by atoms with van der Waals surface area (Å²) < 4.78 is 18.6. The molecule has 182 valence electrons. The Labute approximate surface area is 212 Å². The highest BCUT2D eigenvalue weighted by atomic mass is 127. The van der Waals surface area contributed by atoms with Gasteiger partial charge in [0, 0.05) is 46.4 Å². The fourth-order valence-corrected chi connectivity index (χ4v) is 4.13. The predicted molar refractivity (Wildman–Crippen MR) is 137 cm³/mol. The van der Waals surface area contributed by atoms with Gasteiger partial charge in [-0.1, -0.05) is 24.3 Å². The summed E-state index contributed by atoms with van der Waals surface area (Å²) in [7, 11) is 3.46. The molecular formula is C23H35IN6O3. The average molecular weight is 570 g/mol. The third-order valence-electron chi connectivity index (χ3n) is 5.85. The molecule has 1 fully saturated rings. The average Bonchev–Trinajstić information content (AvgIpc) is 3.23. The van der Waals surface area contributed by atoms with E-state index in [0.717, 1.165) is 63.1 Å². The first kappa shape index (κ1) is 25.9. The topological polar surface area (TPSA) is 94.8 Å². The van der Waals surface area contributed by atoms with Crippen LogP contribution >= 0.6 is 24.0 Å². The third kappa shape index (κ3) is 7.62. The molecule has 2 aliphatic rings. The van der Waals surface area contributed by atoms with E-state index in [1.807, 2.05) is 4.68 Å². The van der Waals surface area contributed by atoms with Crippen molar-refractivity contribution in [3.63, 3.8) is 0 Å². The highest BCUT2D eigenvalue weighted by molar-refractivity contribution is 14.0. The van der Waals surface area contributed by atoms with Crippen LogP contribution in [0.5, 0.6) is 0 Å². The van der Waals surface area contributed by atoms with Gasteiger partial charge in [0.1, 0.15) is 12.4 Å². The maximum Gasteiger partial charge on any atom is 0.191 e. The number of hydrogen-bond acceptors (Lipinski definition) is 6. The largest absolute Gasteiger partial charge is 0.381 e. The van der Waals surface area contributed by atoms with Crippen LogP contribution in [0.3, 0.4) is 0 Å². The first-order chi connectivity index (χ1) is 15.7. The van der Waals surface area contributed by atoms with Crippen LogP contribution in [0.2, 0.25) is 0 Å². The summed E-state index contributed by atoms with van der Waals surface area (Å²) >= 11 is 0. The van der Waals surface area contributed by atoms with E-state index < -0.39 is 0 Å². The molecule has 0 bridgehead atoms. The molecular weight excluding hydrogens is 535 g/mol. The van der Waals surface area contributed by atoms with Crippen molar-refractivity contribution >= 4 is 29.9 Å². The maximum absolute atomic E-state index is 6.06. The number of halogens is 1. The Morgan fingerprint density at radius 3 is 2.82 bits per heavy atom. The number of aromatic nitrogens is 3. The zero-order chi connectivity index (χ0) is 22.2. The SMILES string of the molecule is CN=C(NCc1cccc(COC2CCOCC2)c1)NC1CCc2nc(COC)nn2C1.I. The van der Waals surface area contributed by atoms with Crippen LogP contribution in [-0.2, 0) is 46.9 Å². The molecule has 0 amide bonds. The Balaban J connectivity index is 0.00000306. The van der Waals surface area contributed by atoms with Crippen molar-refractivity contribution in [2.45, 2.75) is 64.1 Å². The molecule has 2 N–H and O–H groups in total. The van der Waals surface area contributed by atoms with Crippen molar-refractivity contribution in [2.75, 3.05) is 27.4 Å². The van der Waals surface area contributed by atoms with E-state index in [9.17, 15) is 0 Å². The molecule has 4 rings (SSSR count). The number of benzene rings is 1.